The van der Waals surface area contributed by atoms with Crippen molar-refractivity contribution < 1.29 is 22.7 Å². The number of rotatable bonds is 12. The molecule has 0 radical (unpaired) electrons. The van der Waals surface area contributed by atoms with E-state index in [-0.39, 0.29) is 11.4 Å². The molecule has 1 amide bonds. The fourth-order valence-corrected chi connectivity index (χ4v) is 5.06. The lowest BCUT2D eigenvalue weighted by Gasteiger charge is -2.21. The van der Waals surface area contributed by atoms with E-state index in [2.05, 4.69) is 10.5 Å². The highest BCUT2D eigenvalue weighted by Crippen LogP contribution is 2.21. The number of hydrogen-bond acceptors (Lipinski definition) is 6. The summed E-state index contributed by atoms with van der Waals surface area (Å²) in [6.45, 7) is 0.0763. The molecule has 4 aromatic rings. The maximum atomic E-state index is 13.4. The fraction of sp³-hybridized carbons (Fsp3) is 0.133. The van der Waals surface area contributed by atoms with Crippen LogP contribution in [-0.4, -0.2) is 38.5 Å². The third-order valence-electron chi connectivity index (χ3n) is 5.75. The van der Waals surface area contributed by atoms with Crippen LogP contribution in [0.2, 0.25) is 0 Å². The molecular formula is C30H29N3O5S. The maximum absolute atomic E-state index is 13.4. The minimum atomic E-state index is -3.98. The van der Waals surface area contributed by atoms with Crippen LogP contribution in [-0.2, 0) is 28.0 Å². The van der Waals surface area contributed by atoms with Crippen molar-refractivity contribution in [3.8, 4) is 11.5 Å². The summed E-state index contributed by atoms with van der Waals surface area (Å²) in [4.78, 5) is 12.8. The van der Waals surface area contributed by atoms with Crippen molar-refractivity contribution in [3.05, 3.63) is 126 Å². The van der Waals surface area contributed by atoms with Crippen LogP contribution < -0.4 is 14.9 Å². The quantitative estimate of drug-likeness (QED) is 0.208. The molecule has 0 saturated carbocycles. The van der Waals surface area contributed by atoms with Gasteiger partial charge in [-0.25, -0.2) is 13.8 Å². The van der Waals surface area contributed by atoms with E-state index in [1.807, 2.05) is 72.8 Å². The SMILES string of the molecule is COc1ccc(S(=O)(=O)N(CC(=O)N/N=C\c2ccc(OCc3ccccc3)cc2)Cc2ccccc2)cc1. The van der Waals surface area contributed by atoms with Crippen LogP contribution in [0.25, 0.3) is 0 Å². The van der Waals surface area contributed by atoms with Gasteiger partial charge in [0.1, 0.15) is 18.1 Å². The van der Waals surface area contributed by atoms with Crippen LogP contribution in [0.5, 0.6) is 11.5 Å². The number of ether oxygens (including phenoxy) is 2. The molecule has 0 spiro atoms. The lowest BCUT2D eigenvalue weighted by molar-refractivity contribution is -0.121. The van der Waals surface area contributed by atoms with Crippen LogP contribution in [0, 0.1) is 0 Å². The first-order valence-corrected chi connectivity index (χ1v) is 13.6. The number of carbonyl (C=O) groups is 1. The molecule has 200 valence electrons. The second kappa shape index (κ2) is 13.4. The van der Waals surface area contributed by atoms with E-state index in [1.165, 1.54) is 25.5 Å². The third kappa shape index (κ3) is 8.00. The molecule has 9 heteroatoms. The zero-order chi connectivity index (χ0) is 27.5. The van der Waals surface area contributed by atoms with Gasteiger partial charge in [-0.05, 0) is 65.2 Å². The van der Waals surface area contributed by atoms with Gasteiger partial charge in [0, 0.05) is 6.54 Å². The van der Waals surface area contributed by atoms with Crippen LogP contribution >= 0.6 is 0 Å². The number of benzene rings is 4. The van der Waals surface area contributed by atoms with Crippen molar-refractivity contribution in [2.75, 3.05) is 13.7 Å². The predicted octanol–water partition coefficient (Wildman–Crippen LogP) is 4.62. The van der Waals surface area contributed by atoms with Gasteiger partial charge in [-0.2, -0.15) is 9.41 Å². The third-order valence-corrected chi connectivity index (χ3v) is 7.56. The Balaban J connectivity index is 1.38. The Morgan fingerprint density at radius 2 is 1.41 bits per heavy atom. The molecule has 0 aliphatic heterocycles. The molecule has 1 N–H and O–H groups in total. The highest BCUT2D eigenvalue weighted by atomic mass is 32.2. The van der Waals surface area contributed by atoms with E-state index in [0.717, 1.165) is 21.0 Å². The molecule has 0 heterocycles. The van der Waals surface area contributed by atoms with Crippen LogP contribution in [0.15, 0.2) is 119 Å². The molecule has 0 aromatic heterocycles. The minimum absolute atomic E-state index is 0.0246. The average Bonchev–Trinajstić information content (AvgIpc) is 2.97. The molecule has 4 rings (SSSR count). The topological polar surface area (TPSA) is 97.3 Å². The van der Waals surface area contributed by atoms with Crippen LogP contribution in [0.1, 0.15) is 16.7 Å². The molecule has 0 atom stereocenters. The number of amides is 1. The molecule has 39 heavy (non-hydrogen) atoms. The molecule has 4 aromatic carbocycles. The molecule has 0 fully saturated rings. The summed E-state index contributed by atoms with van der Waals surface area (Å²) in [7, 11) is -2.47. The Morgan fingerprint density at radius 3 is 2.03 bits per heavy atom. The highest BCUT2D eigenvalue weighted by molar-refractivity contribution is 7.89. The Kier molecular flexibility index (Phi) is 9.44. The molecule has 0 saturated heterocycles. The number of nitrogens with zero attached hydrogens (tertiary/aromatic N) is 2. The molecule has 8 nitrogen and oxygen atoms in total. The van der Waals surface area contributed by atoms with Crippen molar-refractivity contribution in [1.82, 2.24) is 9.73 Å². The summed E-state index contributed by atoms with van der Waals surface area (Å²) in [5.74, 6) is 0.675. The first kappa shape index (κ1) is 27.6. The monoisotopic (exact) mass is 543 g/mol. The zero-order valence-electron chi connectivity index (χ0n) is 21.4. The number of methoxy groups -OCH3 is 1. The van der Waals surface area contributed by atoms with Crippen molar-refractivity contribution in [3.63, 3.8) is 0 Å². The second-order valence-corrected chi connectivity index (χ2v) is 10.5. The fourth-order valence-electron chi connectivity index (χ4n) is 3.68. The van der Waals surface area contributed by atoms with Crippen molar-refractivity contribution in [2.45, 2.75) is 18.0 Å². The summed E-state index contributed by atoms with van der Waals surface area (Å²) >= 11 is 0. The van der Waals surface area contributed by atoms with Gasteiger partial charge in [0.25, 0.3) is 5.91 Å². The summed E-state index contributed by atoms with van der Waals surface area (Å²) < 4.78 is 38.8. The van der Waals surface area contributed by atoms with Crippen molar-refractivity contribution >= 4 is 22.1 Å². The second-order valence-electron chi connectivity index (χ2n) is 8.57. The summed E-state index contributed by atoms with van der Waals surface area (Å²) in [5.41, 5.74) is 4.99. The van der Waals surface area contributed by atoms with Crippen molar-refractivity contribution in [1.29, 1.82) is 0 Å². The summed E-state index contributed by atoms with van der Waals surface area (Å²) in [6.07, 6.45) is 1.48. The summed E-state index contributed by atoms with van der Waals surface area (Å²) in [6, 6.07) is 32.2. The van der Waals surface area contributed by atoms with Gasteiger partial charge >= 0.3 is 0 Å². The molecule has 0 aliphatic carbocycles. The number of carbonyl (C=O) groups excluding carboxylic acids is 1. The normalized spacial score (nSPS) is 11.4. The van der Waals surface area contributed by atoms with Crippen molar-refractivity contribution in [2.24, 2.45) is 5.10 Å². The lowest BCUT2D eigenvalue weighted by atomic mass is 10.2. The van der Waals surface area contributed by atoms with E-state index < -0.39 is 22.5 Å². The number of sulfonamides is 1. The van der Waals surface area contributed by atoms with E-state index >= 15 is 0 Å². The van der Waals surface area contributed by atoms with Gasteiger partial charge in [-0.3, -0.25) is 4.79 Å². The maximum Gasteiger partial charge on any atom is 0.255 e. The molecular weight excluding hydrogens is 514 g/mol. The van der Waals surface area contributed by atoms with E-state index in [1.54, 1.807) is 24.3 Å². The van der Waals surface area contributed by atoms with Gasteiger partial charge < -0.3 is 9.47 Å². The number of nitrogens with one attached hydrogen (secondary N) is 1. The predicted molar refractivity (Wildman–Crippen MR) is 150 cm³/mol. The Labute approximate surface area is 228 Å². The van der Waals surface area contributed by atoms with E-state index in [0.29, 0.717) is 18.1 Å². The standard InChI is InChI=1S/C30H29N3O5S/c1-37-27-16-18-29(19-17-27)39(35,36)33(21-25-8-4-2-5-9-25)22-30(34)32-31-20-24-12-14-28(15-13-24)38-23-26-10-6-3-7-11-26/h2-20H,21-23H2,1H3,(H,32,34)/b31-20-. The summed E-state index contributed by atoms with van der Waals surface area (Å²) in [5, 5.41) is 4.00. The molecule has 0 unspecified atom stereocenters. The molecule has 0 bridgehead atoms. The van der Waals surface area contributed by atoms with Gasteiger partial charge in [-0.15, -0.1) is 0 Å². The first-order valence-electron chi connectivity index (χ1n) is 12.2. The van der Waals surface area contributed by atoms with Gasteiger partial charge in [-0.1, -0.05) is 60.7 Å². The van der Waals surface area contributed by atoms with Gasteiger partial charge in [0.15, 0.2) is 0 Å². The Hall–Kier alpha value is -4.47. The van der Waals surface area contributed by atoms with Crippen LogP contribution in [0.3, 0.4) is 0 Å². The van der Waals surface area contributed by atoms with Gasteiger partial charge in [0.05, 0.1) is 24.8 Å². The number of hydrazone groups is 1. The molecule has 0 aliphatic rings. The number of hydrogen-bond donors (Lipinski definition) is 1. The Bertz CT molecular complexity index is 1480. The van der Waals surface area contributed by atoms with E-state index in [4.69, 9.17) is 9.47 Å². The van der Waals surface area contributed by atoms with Gasteiger partial charge in [0.2, 0.25) is 10.0 Å². The smallest absolute Gasteiger partial charge is 0.255 e. The minimum Gasteiger partial charge on any atom is -0.497 e. The lowest BCUT2D eigenvalue weighted by Crippen LogP contribution is -2.39. The first-order chi connectivity index (χ1) is 18.9. The highest BCUT2D eigenvalue weighted by Gasteiger charge is 2.27. The Morgan fingerprint density at radius 1 is 0.821 bits per heavy atom. The van der Waals surface area contributed by atoms with E-state index in [9.17, 15) is 13.2 Å². The largest absolute Gasteiger partial charge is 0.497 e. The average molecular weight is 544 g/mol. The zero-order valence-corrected chi connectivity index (χ0v) is 22.3. The van der Waals surface area contributed by atoms with Crippen LogP contribution in [0.4, 0.5) is 0 Å².